The Bertz CT molecular complexity index is 544. The highest BCUT2D eigenvalue weighted by atomic mass is 16.5. The molecule has 1 aromatic carbocycles. The predicted octanol–water partition coefficient (Wildman–Crippen LogP) is 5.43. The van der Waals surface area contributed by atoms with E-state index in [9.17, 15) is 4.79 Å². The molecule has 0 atom stereocenters. The number of anilines is 1. The summed E-state index contributed by atoms with van der Waals surface area (Å²) < 4.78 is 16.1. The molecule has 0 heterocycles. The molecule has 0 saturated heterocycles. The van der Waals surface area contributed by atoms with Crippen molar-refractivity contribution in [1.29, 1.82) is 0 Å². The van der Waals surface area contributed by atoms with Gasteiger partial charge in [0, 0.05) is 17.5 Å². The minimum absolute atomic E-state index is 0.0344. The first-order chi connectivity index (χ1) is 12.4. The summed E-state index contributed by atoms with van der Waals surface area (Å²) in [6, 6.07) is 3.47. The SMILES string of the molecule is CCCCCCCCC(C)(C)C(=O)Nc1c(OC)cc(OC)cc1OC. The van der Waals surface area contributed by atoms with Crippen molar-refractivity contribution in [2.24, 2.45) is 5.41 Å². The average molecular weight is 366 g/mol. The summed E-state index contributed by atoms with van der Waals surface area (Å²) in [6.07, 6.45) is 8.15. The van der Waals surface area contributed by atoms with Crippen LogP contribution in [0.4, 0.5) is 5.69 Å². The molecule has 0 unspecified atom stereocenters. The number of unbranched alkanes of at least 4 members (excludes halogenated alkanes) is 5. The standard InChI is InChI=1S/C21H35NO4/c1-7-8-9-10-11-12-13-21(2,3)20(23)22-19-17(25-5)14-16(24-4)15-18(19)26-6/h14-15H,7-13H2,1-6H3,(H,22,23). The number of carbonyl (C=O) groups is 1. The van der Waals surface area contributed by atoms with Crippen LogP contribution in [0.2, 0.25) is 0 Å². The number of amides is 1. The van der Waals surface area contributed by atoms with E-state index >= 15 is 0 Å². The minimum Gasteiger partial charge on any atom is -0.496 e. The molecule has 0 aliphatic heterocycles. The molecule has 26 heavy (non-hydrogen) atoms. The summed E-state index contributed by atoms with van der Waals surface area (Å²) >= 11 is 0. The second-order valence-corrected chi connectivity index (χ2v) is 7.26. The largest absolute Gasteiger partial charge is 0.496 e. The van der Waals surface area contributed by atoms with Crippen LogP contribution in [-0.2, 0) is 4.79 Å². The summed E-state index contributed by atoms with van der Waals surface area (Å²) in [5.41, 5.74) is 0.0811. The van der Waals surface area contributed by atoms with E-state index in [1.165, 1.54) is 32.1 Å². The van der Waals surface area contributed by atoms with Crippen molar-refractivity contribution in [3.05, 3.63) is 12.1 Å². The second kappa shape index (κ2) is 10.9. The van der Waals surface area contributed by atoms with Crippen molar-refractivity contribution in [2.75, 3.05) is 26.6 Å². The van der Waals surface area contributed by atoms with E-state index in [1.54, 1.807) is 33.5 Å². The van der Waals surface area contributed by atoms with Crippen molar-refractivity contribution < 1.29 is 19.0 Å². The predicted molar refractivity (Wildman–Crippen MR) is 107 cm³/mol. The van der Waals surface area contributed by atoms with Crippen molar-refractivity contribution in [1.82, 2.24) is 0 Å². The van der Waals surface area contributed by atoms with Crippen LogP contribution in [0.15, 0.2) is 12.1 Å². The highest BCUT2D eigenvalue weighted by molar-refractivity contribution is 5.97. The maximum absolute atomic E-state index is 12.8. The van der Waals surface area contributed by atoms with Crippen LogP contribution in [0, 0.1) is 5.41 Å². The second-order valence-electron chi connectivity index (χ2n) is 7.26. The Hall–Kier alpha value is -1.91. The van der Waals surface area contributed by atoms with Gasteiger partial charge in [0.05, 0.1) is 21.3 Å². The molecule has 0 radical (unpaired) electrons. The fourth-order valence-electron chi connectivity index (χ4n) is 2.87. The van der Waals surface area contributed by atoms with E-state index in [1.807, 2.05) is 13.8 Å². The van der Waals surface area contributed by atoms with Gasteiger partial charge < -0.3 is 19.5 Å². The molecule has 0 fully saturated rings. The smallest absolute Gasteiger partial charge is 0.230 e. The fourth-order valence-corrected chi connectivity index (χ4v) is 2.87. The minimum atomic E-state index is -0.458. The lowest BCUT2D eigenvalue weighted by molar-refractivity contribution is -0.124. The lowest BCUT2D eigenvalue weighted by Crippen LogP contribution is -2.31. The lowest BCUT2D eigenvalue weighted by atomic mass is 9.85. The van der Waals surface area contributed by atoms with E-state index in [0.29, 0.717) is 22.9 Å². The Labute approximate surface area is 158 Å². The van der Waals surface area contributed by atoms with Crippen LogP contribution in [0.25, 0.3) is 0 Å². The average Bonchev–Trinajstić information content (AvgIpc) is 2.64. The van der Waals surface area contributed by atoms with Gasteiger partial charge >= 0.3 is 0 Å². The summed E-state index contributed by atoms with van der Waals surface area (Å²) in [5.74, 6) is 1.62. The van der Waals surface area contributed by atoms with Gasteiger partial charge in [0.25, 0.3) is 0 Å². The molecule has 1 amide bonds. The van der Waals surface area contributed by atoms with Crippen LogP contribution in [-0.4, -0.2) is 27.2 Å². The first-order valence-corrected chi connectivity index (χ1v) is 9.51. The maximum Gasteiger partial charge on any atom is 0.230 e. The molecule has 0 aliphatic carbocycles. The van der Waals surface area contributed by atoms with Gasteiger partial charge in [0.2, 0.25) is 5.91 Å². The fraction of sp³-hybridized carbons (Fsp3) is 0.667. The van der Waals surface area contributed by atoms with Crippen LogP contribution in [0.5, 0.6) is 17.2 Å². The molecule has 148 valence electrons. The molecule has 5 nitrogen and oxygen atoms in total. The Kier molecular flexibility index (Phi) is 9.31. The molecular weight excluding hydrogens is 330 g/mol. The quantitative estimate of drug-likeness (QED) is 0.502. The number of carbonyl (C=O) groups excluding carboxylic acids is 1. The lowest BCUT2D eigenvalue weighted by Gasteiger charge is -2.25. The van der Waals surface area contributed by atoms with Crippen LogP contribution in [0.3, 0.4) is 0 Å². The number of methoxy groups -OCH3 is 3. The number of ether oxygens (including phenoxy) is 3. The zero-order chi connectivity index (χ0) is 19.6. The van der Waals surface area contributed by atoms with Crippen molar-refractivity contribution in [3.63, 3.8) is 0 Å². The van der Waals surface area contributed by atoms with E-state index < -0.39 is 5.41 Å². The highest BCUT2D eigenvalue weighted by Crippen LogP contribution is 2.40. The van der Waals surface area contributed by atoms with Crippen LogP contribution >= 0.6 is 0 Å². The molecule has 0 saturated carbocycles. The summed E-state index contributed by atoms with van der Waals surface area (Å²) in [5, 5.41) is 2.99. The Morgan fingerprint density at radius 1 is 0.923 bits per heavy atom. The third-order valence-electron chi connectivity index (χ3n) is 4.72. The molecule has 0 bridgehead atoms. The number of hydrogen-bond donors (Lipinski definition) is 1. The van der Waals surface area contributed by atoms with E-state index in [0.717, 1.165) is 12.8 Å². The molecule has 0 spiro atoms. The van der Waals surface area contributed by atoms with Gasteiger partial charge in [-0.15, -0.1) is 0 Å². The zero-order valence-corrected chi connectivity index (χ0v) is 17.2. The summed E-state index contributed by atoms with van der Waals surface area (Å²) in [7, 11) is 4.70. The van der Waals surface area contributed by atoms with Crippen LogP contribution < -0.4 is 19.5 Å². The monoisotopic (exact) mass is 365 g/mol. The topological polar surface area (TPSA) is 56.8 Å². The van der Waals surface area contributed by atoms with E-state index in [2.05, 4.69) is 12.2 Å². The van der Waals surface area contributed by atoms with Crippen molar-refractivity contribution >= 4 is 11.6 Å². The van der Waals surface area contributed by atoms with Gasteiger partial charge in [-0.3, -0.25) is 4.79 Å². The Morgan fingerprint density at radius 3 is 1.96 bits per heavy atom. The maximum atomic E-state index is 12.8. The van der Waals surface area contributed by atoms with Gasteiger partial charge in [-0.2, -0.15) is 0 Å². The molecular formula is C21H35NO4. The first-order valence-electron chi connectivity index (χ1n) is 9.51. The number of benzene rings is 1. The molecule has 1 rings (SSSR count). The van der Waals surface area contributed by atoms with Crippen LogP contribution in [0.1, 0.15) is 65.7 Å². The number of nitrogens with one attached hydrogen (secondary N) is 1. The van der Waals surface area contributed by atoms with Crippen molar-refractivity contribution in [3.8, 4) is 17.2 Å². The Morgan fingerprint density at radius 2 is 1.46 bits per heavy atom. The molecule has 0 aromatic heterocycles. The van der Waals surface area contributed by atoms with Crippen molar-refractivity contribution in [2.45, 2.75) is 65.7 Å². The summed E-state index contributed by atoms with van der Waals surface area (Å²) in [6.45, 7) is 6.18. The summed E-state index contributed by atoms with van der Waals surface area (Å²) in [4.78, 5) is 12.8. The van der Waals surface area contributed by atoms with E-state index in [4.69, 9.17) is 14.2 Å². The Balaban J connectivity index is 2.76. The molecule has 0 aliphatic rings. The van der Waals surface area contributed by atoms with Gasteiger partial charge in [-0.05, 0) is 6.42 Å². The van der Waals surface area contributed by atoms with Gasteiger partial charge in [-0.1, -0.05) is 59.3 Å². The van der Waals surface area contributed by atoms with Gasteiger partial charge in [0.1, 0.15) is 22.9 Å². The number of hydrogen-bond acceptors (Lipinski definition) is 4. The third kappa shape index (κ3) is 6.43. The highest BCUT2D eigenvalue weighted by Gasteiger charge is 2.29. The molecule has 5 heteroatoms. The third-order valence-corrected chi connectivity index (χ3v) is 4.72. The van der Waals surface area contributed by atoms with E-state index in [-0.39, 0.29) is 5.91 Å². The number of rotatable bonds is 12. The zero-order valence-electron chi connectivity index (χ0n) is 17.2. The molecule has 1 N–H and O–H groups in total. The normalized spacial score (nSPS) is 11.2. The molecule has 1 aromatic rings. The van der Waals surface area contributed by atoms with Gasteiger partial charge in [0.15, 0.2) is 0 Å². The first kappa shape index (κ1) is 22.1. The van der Waals surface area contributed by atoms with Gasteiger partial charge in [-0.25, -0.2) is 0 Å².